The number of allylic oxidation sites excluding steroid dienone is 1. The molecule has 0 aliphatic heterocycles. The first-order valence-corrected chi connectivity index (χ1v) is 5.14. The van der Waals surface area contributed by atoms with Gasteiger partial charge >= 0.3 is 0 Å². The number of hydrogen-bond acceptors (Lipinski definition) is 2. The summed E-state index contributed by atoms with van der Waals surface area (Å²) in [6.07, 6.45) is 0. The minimum absolute atomic E-state index is 0.695. The van der Waals surface area contributed by atoms with E-state index in [4.69, 9.17) is 17.0 Å². The van der Waals surface area contributed by atoms with Crippen LogP contribution in [-0.4, -0.2) is 12.1 Å². The first kappa shape index (κ1) is 11.7. The van der Waals surface area contributed by atoms with Crippen LogP contribution in [0.4, 0.5) is 5.69 Å². The third-order valence-electron chi connectivity index (χ3n) is 2.21. The van der Waals surface area contributed by atoms with Crippen molar-refractivity contribution < 1.29 is 4.74 Å². The molecule has 0 bridgehead atoms. The lowest BCUT2D eigenvalue weighted by atomic mass is 10.2. The maximum absolute atomic E-state index is 5.25. The Morgan fingerprint density at radius 2 is 1.80 bits per heavy atom. The molecule has 1 N–H and O–H groups in total. The van der Waals surface area contributed by atoms with Gasteiger partial charge in [0.15, 0.2) is 0 Å². The maximum Gasteiger partial charge on any atom is 0.109 e. The summed E-state index contributed by atoms with van der Waals surface area (Å²) < 4.78 is 5.12. The molecule has 0 amide bonds. The second-order valence-corrected chi connectivity index (χ2v) is 3.61. The summed E-state index contributed by atoms with van der Waals surface area (Å²) in [5.74, 6) is 0.837. The molecule has 0 aliphatic carbocycles. The average Bonchev–Trinajstić information content (AvgIpc) is 2.28. The van der Waals surface area contributed by atoms with E-state index in [1.54, 1.807) is 7.11 Å². The molecule has 0 heterocycles. The monoisotopic (exact) mass is 221 g/mol. The topological polar surface area (TPSA) is 21.3 Å². The first-order chi connectivity index (χ1) is 7.15. The molecule has 0 unspecified atom stereocenters. The van der Waals surface area contributed by atoms with Crippen LogP contribution in [0.2, 0.25) is 0 Å². The van der Waals surface area contributed by atoms with Crippen LogP contribution in [0, 0.1) is 0 Å². The molecular weight excluding hydrogens is 206 g/mol. The Hall–Kier alpha value is -1.35. The Bertz CT molecular complexity index is 370. The van der Waals surface area contributed by atoms with Gasteiger partial charge in [-0.2, -0.15) is 0 Å². The number of methoxy groups -OCH3 is 1. The number of para-hydroxylation sites is 1. The zero-order valence-electron chi connectivity index (χ0n) is 9.20. The van der Waals surface area contributed by atoms with Crippen molar-refractivity contribution in [3.63, 3.8) is 0 Å². The molecule has 0 saturated carbocycles. The Morgan fingerprint density at radius 1 is 1.20 bits per heavy atom. The number of nitrogens with one attached hydrogen (secondary N) is 1. The van der Waals surface area contributed by atoms with E-state index in [9.17, 15) is 0 Å². The van der Waals surface area contributed by atoms with Gasteiger partial charge in [0, 0.05) is 11.3 Å². The molecule has 2 nitrogen and oxygen atoms in total. The summed E-state index contributed by atoms with van der Waals surface area (Å²) in [6, 6.07) is 9.85. The fourth-order valence-corrected chi connectivity index (χ4v) is 1.32. The standard InChI is InChI=1S/C12H15NOS/c1-9(10(2)14-3)12(15)13-11-7-5-4-6-8-11/h4-8H,1-3H3,(H,13,15)/b10-9-. The third kappa shape index (κ3) is 3.36. The van der Waals surface area contributed by atoms with E-state index in [0.717, 1.165) is 17.0 Å². The van der Waals surface area contributed by atoms with Crippen LogP contribution < -0.4 is 5.32 Å². The van der Waals surface area contributed by atoms with Crippen LogP contribution in [0.5, 0.6) is 0 Å². The molecule has 1 aromatic rings. The zero-order chi connectivity index (χ0) is 11.3. The van der Waals surface area contributed by atoms with Gasteiger partial charge in [0.2, 0.25) is 0 Å². The maximum atomic E-state index is 5.25. The first-order valence-electron chi connectivity index (χ1n) is 4.73. The predicted octanol–water partition coefficient (Wildman–Crippen LogP) is 3.37. The van der Waals surface area contributed by atoms with Crippen LogP contribution in [0.3, 0.4) is 0 Å². The Balaban J connectivity index is 2.73. The smallest absolute Gasteiger partial charge is 0.109 e. The van der Waals surface area contributed by atoms with Crippen LogP contribution in [0.25, 0.3) is 0 Å². The lowest BCUT2D eigenvalue weighted by Crippen LogP contribution is -2.11. The van der Waals surface area contributed by atoms with Crippen molar-refractivity contribution in [3.8, 4) is 0 Å². The van der Waals surface area contributed by atoms with Crippen LogP contribution in [0.15, 0.2) is 41.7 Å². The van der Waals surface area contributed by atoms with Crippen molar-refractivity contribution in [1.29, 1.82) is 0 Å². The molecule has 0 fully saturated rings. The highest BCUT2D eigenvalue weighted by atomic mass is 32.1. The van der Waals surface area contributed by atoms with Crippen molar-refractivity contribution in [3.05, 3.63) is 41.7 Å². The fraction of sp³-hybridized carbons (Fsp3) is 0.250. The molecule has 0 spiro atoms. The summed E-state index contributed by atoms with van der Waals surface area (Å²) in [6.45, 7) is 3.84. The van der Waals surface area contributed by atoms with Gasteiger partial charge in [-0.1, -0.05) is 30.4 Å². The summed E-state index contributed by atoms with van der Waals surface area (Å²) in [4.78, 5) is 0.695. The van der Waals surface area contributed by atoms with Gasteiger partial charge in [-0.15, -0.1) is 0 Å². The molecular formula is C12H15NOS. The van der Waals surface area contributed by atoms with E-state index < -0.39 is 0 Å². The highest BCUT2D eigenvalue weighted by Crippen LogP contribution is 2.11. The van der Waals surface area contributed by atoms with Gasteiger partial charge in [0.1, 0.15) is 4.99 Å². The van der Waals surface area contributed by atoms with Gasteiger partial charge in [0.25, 0.3) is 0 Å². The van der Waals surface area contributed by atoms with Crippen molar-refractivity contribution in [2.45, 2.75) is 13.8 Å². The fourth-order valence-electron chi connectivity index (χ4n) is 1.06. The second-order valence-electron chi connectivity index (χ2n) is 3.21. The molecule has 80 valence electrons. The van der Waals surface area contributed by atoms with Crippen molar-refractivity contribution in [1.82, 2.24) is 0 Å². The van der Waals surface area contributed by atoms with E-state index in [1.807, 2.05) is 44.2 Å². The molecule has 3 heteroatoms. The molecule has 1 aromatic carbocycles. The number of ether oxygens (including phenoxy) is 1. The van der Waals surface area contributed by atoms with Gasteiger partial charge in [-0.3, -0.25) is 0 Å². The zero-order valence-corrected chi connectivity index (χ0v) is 10.0. The Kier molecular flexibility index (Phi) is 4.31. The molecule has 0 saturated heterocycles. The van der Waals surface area contributed by atoms with Crippen molar-refractivity contribution in [2.75, 3.05) is 12.4 Å². The normalized spacial score (nSPS) is 11.7. The van der Waals surface area contributed by atoms with Gasteiger partial charge < -0.3 is 10.1 Å². The number of hydrogen-bond donors (Lipinski definition) is 1. The lowest BCUT2D eigenvalue weighted by Gasteiger charge is -2.10. The van der Waals surface area contributed by atoms with E-state index in [-0.39, 0.29) is 0 Å². The van der Waals surface area contributed by atoms with Crippen molar-refractivity contribution in [2.24, 2.45) is 0 Å². The van der Waals surface area contributed by atoms with E-state index >= 15 is 0 Å². The molecule has 0 atom stereocenters. The summed E-state index contributed by atoms with van der Waals surface area (Å²) in [7, 11) is 1.64. The highest BCUT2D eigenvalue weighted by Gasteiger charge is 2.03. The summed E-state index contributed by atoms with van der Waals surface area (Å²) >= 11 is 5.25. The van der Waals surface area contributed by atoms with E-state index in [2.05, 4.69) is 5.32 Å². The minimum Gasteiger partial charge on any atom is -0.501 e. The van der Waals surface area contributed by atoms with Gasteiger partial charge in [0.05, 0.1) is 12.9 Å². The third-order valence-corrected chi connectivity index (χ3v) is 2.61. The Morgan fingerprint density at radius 3 is 2.33 bits per heavy atom. The van der Waals surface area contributed by atoms with E-state index in [0.29, 0.717) is 4.99 Å². The van der Waals surface area contributed by atoms with Crippen LogP contribution >= 0.6 is 12.2 Å². The second kappa shape index (κ2) is 5.51. The number of anilines is 1. The SMILES string of the molecule is CO/C(C)=C(/C)C(=S)Nc1ccccc1. The number of rotatable bonds is 3. The van der Waals surface area contributed by atoms with Crippen LogP contribution in [0.1, 0.15) is 13.8 Å². The highest BCUT2D eigenvalue weighted by molar-refractivity contribution is 7.81. The number of thiocarbonyl (C=S) groups is 1. The molecule has 15 heavy (non-hydrogen) atoms. The quantitative estimate of drug-likeness (QED) is 0.480. The molecule has 0 aromatic heterocycles. The number of benzene rings is 1. The Labute approximate surface area is 96.0 Å². The van der Waals surface area contributed by atoms with Gasteiger partial charge in [-0.05, 0) is 26.0 Å². The predicted molar refractivity (Wildman–Crippen MR) is 68.0 cm³/mol. The van der Waals surface area contributed by atoms with E-state index in [1.165, 1.54) is 0 Å². The largest absolute Gasteiger partial charge is 0.501 e. The van der Waals surface area contributed by atoms with Gasteiger partial charge in [-0.25, -0.2) is 0 Å². The molecule has 0 radical (unpaired) electrons. The summed E-state index contributed by atoms with van der Waals surface area (Å²) in [5.41, 5.74) is 1.95. The van der Waals surface area contributed by atoms with Crippen LogP contribution in [-0.2, 0) is 4.74 Å². The molecule has 1 rings (SSSR count). The lowest BCUT2D eigenvalue weighted by molar-refractivity contribution is 0.291. The average molecular weight is 221 g/mol. The summed E-state index contributed by atoms with van der Waals surface area (Å²) in [5, 5.41) is 3.15. The minimum atomic E-state index is 0.695. The molecule has 0 aliphatic rings. The van der Waals surface area contributed by atoms with Crippen molar-refractivity contribution >= 4 is 22.9 Å².